The van der Waals surface area contributed by atoms with E-state index in [2.05, 4.69) is 25.7 Å². The summed E-state index contributed by atoms with van der Waals surface area (Å²) in [6.07, 6.45) is 1.79. The summed E-state index contributed by atoms with van der Waals surface area (Å²) in [6, 6.07) is 11.3. The summed E-state index contributed by atoms with van der Waals surface area (Å²) in [4.78, 5) is 15.3. The van der Waals surface area contributed by atoms with E-state index < -0.39 is 0 Å². The molecule has 0 amide bonds. The van der Waals surface area contributed by atoms with Crippen molar-refractivity contribution < 1.29 is 9.47 Å². The van der Waals surface area contributed by atoms with Crippen molar-refractivity contribution in [1.82, 2.24) is 20.2 Å². The third kappa shape index (κ3) is 6.84. The molecule has 0 aliphatic carbocycles. The highest BCUT2D eigenvalue weighted by molar-refractivity contribution is 14.0. The van der Waals surface area contributed by atoms with Gasteiger partial charge >= 0.3 is 0 Å². The van der Waals surface area contributed by atoms with Gasteiger partial charge in [-0.3, -0.25) is 4.99 Å². The van der Waals surface area contributed by atoms with Crippen LogP contribution in [-0.4, -0.2) is 42.0 Å². The molecule has 160 valence electrons. The molecule has 7 nitrogen and oxygen atoms in total. The Bertz CT molecular complexity index is 962. The summed E-state index contributed by atoms with van der Waals surface area (Å²) in [5.74, 6) is 2.75. The van der Waals surface area contributed by atoms with Crippen molar-refractivity contribution in [3.05, 3.63) is 64.2 Å². The number of hydrogen-bond donors (Lipinski definition) is 1. The van der Waals surface area contributed by atoms with Gasteiger partial charge in [0.05, 0.1) is 24.4 Å². The molecule has 1 N–H and O–H groups in total. The molecular weight excluding hydrogens is 513 g/mol. The van der Waals surface area contributed by atoms with Gasteiger partial charge in [0.2, 0.25) is 5.88 Å². The zero-order valence-electron chi connectivity index (χ0n) is 17.5. The summed E-state index contributed by atoms with van der Waals surface area (Å²) in [5, 5.41) is 6.49. The number of aromatic nitrogens is 2. The first-order chi connectivity index (χ1) is 14.1. The minimum Gasteiger partial charge on any atom is -0.497 e. The van der Waals surface area contributed by atoms with Crippen molar-refractivity contribution in [3.8, 4) is 17.4 Å². The lowest BCUT2D eigenvalue weighted by atomic mass is 10.3. The molecule has 0 saturated heterocycles. The van der Waals surface area contributed by atoms with Crippen molar-refractivity contribution in [2.24, 2.45) is 4.99 Å². The van der Waals surface area contributed by atoms with Crippen LogP contribution in [0.5, 0.6) is 17.4 Å². The summed E-state index contributed by atoms with van der Waals surface area (Å²) in [6.45, 7) is 3.32. The quantitative estimate of drug-likeness (QED) is 0.272. The first-order valence-corrected chi connectivity index (χ1v) is 10.0. The molecule has 0 spiro atoms. The third-order valence-corrected chi connectivity index (χ3v) is 4.97. The Morgan fingerprint density at radius 3 is 2.67 bits per heavy atom. The van der Waals surface area contributed by atoms with E-state index in [1.807, 2.05) is 55.3 Å². The van der Waals surface area contributed by atoms with Gasteiger partial charge in [0, 0.05) is 44.3 Å². The highest BCUT2D eigenvalue weighted by Gasteiger charge is 2.09. The number of thiazole rings is 1. The van der Waals surface area contributed by atoms with Gasteiger partial charge in [0.25, 0.3) is 0 Å². The molecule has 3 aromatic rings. The lowest BCUT2D eigenvalue weighted by molar-refractivity contribution is 0.407. The molecule has 0 aliphatic heterocycles. The number of methoxy groups -OCH3 is 1. The Kier molecular flexibility index (Phi) is 9.31. The number of rotatable bonds is 7. The SMILES string of the molecule is CN=C(NCc1ccc(Oc2cccc(OC)c2)nc1)N(C)Cc1csc(C)n1.I. The van der Waals surface area contributed by atoms with Crippen LogP contribution in [-0.2, 0) is 13.1 Å². The van der Waals surface area contributed by atoms with Crippen molar-refractivity contribution >= 4 is 41.3 Å². The van der Waals surface area contributed by atoms with E-state index in [4.69, 9.17) is 9.47 Å². The molecule has 9 heteroatoms. The van der Waals surface area contributed by atoms with Crippen LogP contribution >= 0.6 is 35.3 Å². The zero-order chi connectivity index (χ0) is 20.6. The Balaban J connectivity index is 0.00000320. The number of benzene rings is 1. The normalized spacial score (nSPS) is 10.9. The molecule has 2 heterocycles. The van der Waals surface area contributed by atoms with Crippen LogP contribution in [0, 0.1) is 6.92 Å². The van der Waals surface area contributed by atoms with Crippen molar-refractivity contribution in [2.45, 2.75) is 20.0 Å². The van der Waals surface area contributed by atoms with Crippen LogP contribution in [0.4, 0.5) is 0 Å². The molecule has 0 bridgehead atoms. The van der Waals surface area contributed by atoms with E-state index in [0.29, 0.717) is 24.7 Å². The molecule has 2 aromatic heterocycles. The highest BCUT2D eigenvalue weighted by Crippen LogP contribution is 2.23. The lowest BCUT2D eigenvalue weighted by Gasteiger charge is -2.21. The standard InChI is InChI=1S/C21H25N5O2S.HI/c1-15-25-17(14-29-15)13-26(3)21(22-2)24-12-16-8-9-20(23-11-16)28-19-7-5-6-18(10-19)27-4;/h5-11,14H,12-13H2,1-4H3,(H,22,24);1H. The number of halogens is 1. The topological polar surface area (TPSA) is 71.9 Å². The van der Waals surface area contributed by atoms with Gasteiger partial charge < -0.3 is 19.7 Å². The molecule has 3 rings (SSSR count). The van der Waals surface area contributed by atoms with E-state index in [-0.39, 0.29) is 24.0 Å². The highest BCUT2D eigenvalue weighted by atomic mass is 127. The largest absolute Gasteiger partial charge is 0.497 e. The fraction of sp³-hybridized carbons (Fsp3) is 0.286. The summed E-state index contributed by atoms with van der Waals surface area (Å²) < 4.78 is 11.0. The summed E-state index contributed by atoms with van der Waals surface area (Å²) in [7, 11) is 5.39. The van der Waals surface area contributed by atoms with Crippen LogP contribution in [0.2, 0.25) is 0 Å². The van der Waals surface area contributed by atoms with E-state index in [1.54, 1.807) is 31.7 Å². The Labute approximate surface area is 198 Å². The number of nitrogens with zero attached hydrogens (tertiary/aromatic N) is 4. The maximum Gasteiger partial charge on any atom is 0.219 e. The number of hydrogen-bond acceptors (Lipinski definition) is 6. The van der Waals surface area contributed by atoms with Gasteiger partial charge in [-0.2, -0.15) is 0 Å². The maximum atomic E-state index is 5.78. The molecule has 0 atom stereocenters. The Hall–Kier alpha value is -2.40. The number of aliphatic imine (C=N–C) groups is 1. The fourth-order valence-electron chi connectivity index (χ4n) is 2.73. The molecule has 0 aliphatic rings. The molecule has 0 fully saturated rings. The van der Waals surface area contributed by atoms with Gasteiger partial charge in [-0.25, -0.2) is 9.97 Å². The average Bonchev–Trinajstić information content (AvgIpc) is 3.14. The Morgan fingerprint density at radius 2 is 2.03 bits per heavy atom. The van der Waals surface area contributed by atoms with Gasteiger partial charge in [-0.15, -0.1) is 35.3 Å². The summed E-state index contributed by atoms with van der Waals surface area (Å²) in [5.41, 5.74) is 2.07. The third-order valence-electron chi connectivity index (χ3n) is 4.15. The van der Waals surface area contributed by atoms with Crippen molar-refractivity contribution in [1.29, 1.82) is 0 Å². The second kappa shape index (κ2) is 11.7. The molecule has 1 aromatic carbocycles. The molecular formula is C21H26IN5O2S. The van der Waals surface area contributed by atoms with Gasteiger partial charge in [-0.1, -0.05) is 12.1 Å². The number of aryl methyl sites for hydroxylation is 1. The van der Waals surface area contributed by atoms with Gasteiger partial charge in [0.1, 0.15) is 11.5 Å². The zero-order valence-corrected chi connectivity index (χ0v) is 20.6. The lowest BCUT2D eigenvalue weighted by Crippen LogP contribution is -2.38. The first-order valence-electron chi connectivity index (χ1n) is 9.17. The smallest absolute Gasteiger partial charge is 0.219 e. The second-order valence-corrected chi connectivity index (χ2v) is 7.46. The Morgan fingerprint density at radius 1 is 1.23 bits per heavy atom. The van der Waals surface area contributed by atoms with Crippen molar-refractivity contribution in [3.63, 3.8) is 0 Å². The van der Waals surface area contributed by atoms with Gasteiger partial charge in [-0.05, 0) is 24.6 Å². The van der Waals surface area contributed by atoms with Crippen LogP contribution in [0.25, 0.3) is 0 Å². The predicted octanol–water partition coefficient (Wildman–Crippen LogP) is 4.47. The van der Waals surface area contributed by atoms with Crippen LogP contribution in [0.1, 0.15) is 16.3 Å². The van der Waals surface area contributed by atoms with Crippen LogP contribution in [0.15, 0.2) is 53.0 Å². The first kappa shape index (κ1) is 23.9. The minimum atomic E-state index is 0. The van der Waals surface area contributed by atoms with E-state index in [1.165, 1.54) is 0 Å². The molecule has 30 heavy (non-hydrogen) atoms. The van der Waals surface area contributed by atoms with E-state index in [0.717, 1.165) is 28.0 Å². The van der Waals surface area contributed by atoms with E-state index in [9.17, 15) is 0 Å². The van der Waals surface area contributed by atoms with Crippen LogP contribution in [0.3, 0.4) is 0 Å². The summed E-state index contributed by atoms with van der Waals surface area (Å²) >= 11 is 1.65. The fourth-order valence-corrected chi connectivity index (χ4v) is 3.33. The maximum absolute atomic E-state index is 5.78. The minimum absolute atomic E-state index is 0. The monoisotopic (exact) mass is 539 g/mol. The second-order valence-electron chi connectivity index (χ2n) is 6.40. The average molecular weight is 539 g/mol. The number of pyridine rings is 1. The number of ether oxygens (including phenoxy) is 2. The van der Waals surface area contributed by atoms with E-state index >= 15 is 0 Å². The van der Waals surface area contributed by atoms with Gasteiger partial charge in [0.15, 0.2) is 5.96 Å². The molecule has 0 radical (unpaired) electrons. The number of nitrogens with one attached hydrogen (secondary N) is 1. The molecule has 0 unspecified atom stereocenters. The van der Waals surface area contributed by atoms with Crippen molar-refractivity contribution in [2.75, 3.05) is 21.2 Å². The predicted molar refractivity (Wildman–Crippen MR) is 131 cm³/mol. The molecule has 0 saturated carbocycles. The number of guanidine groups is 1. The van der Waals surface area contributed by atoms with Crippen LogP contribution < -0.4 is 14.8 Å².